The van der Waals surface area contributed by atoms with Gasteiger partial charge in [-0.05, 0) is 36.9 Å². The zero-order chi connectivity index (χ0) is 15.5. The second-order valence-corrected chi connectivity index (χ2v) is 5.73. The molecule has 1 saturated carbocycles. The Balaban J connectivity index is 2.03. The summed E-state index contributed by atoms with van der Waals surface area (Å²) in [6.07, 6.45) is -1.66. The first-order chi connectivity index (χ1) is 9.90. The normalized spacial score (nSPS) is 25.0. The van der Waals surface area contributed by atoms with Crippen molar-refractivity contribution in [3.63, 3.8) is 0 Å². The van der Waals surface area contributed by atoms with Crippen LogP contribution in [0.1, 0.15) is 38.4 Å². The van der Waals surface area contributed by atoms with E-state index in [1.807, 2.05) is 6.92 Å². The van der Waals surface area contributed by atoms with E-state index in [0.717, 1.165) is 13.0 Å². The fraction of sp³-hybridized carbons (Fsp3) is 0.923. The lowest BCUT2D eigenvalue weighted by Crippen LogP contribution is -2.42. The first-order valence-corrected chi connectivity index (χ1v) is 7.43. The number of hydrogen-bond acceptors (Lipinski definition) is 4. The molecule has 1 N–H and O–H groups in total. The Kier molecular flexibility index (Phi) is 5.18. The van der Waals surface area contributed by atoms with Crippen LogP contribution in [0.2, 0.25) is 0 Å². The monoisotopic (exact) mass is 305 g/mol. The van der Waals surface area contributed by atoms with E-state index in [2.05, 4.69) is 20.7 Å². The maximum Gasteiger partial charge on any atom is 0.391 e. The molecular weight excluding hydrogens is 283 g/mol. The Bertz CT molecular complexity index is 445. The first-order valence-electron chi connectivity index (χ1n) is 7.43. The Morgan fingerprint density at radius 2 is 2.14 bits per heavy atom. The minimum absolute atomic E-state index is 0.00845. The van der Waals surface area contributed by atoms with Crippen molar-refractivity contribution in [2.45, 2.75) is 51.2 Å². The Morgan fingerprint density at radius 1 is 1.38 bits per heavy atom. The molecule has 1 heterocycles. The molecule has 0 spiro atoms. The van der Waals surface area contributed by atoms with Gasteiger partial charge in [-0.15, -0.1) is 10.2 Å². The molecule has 21 heavy (non-hydrogen) atoms. The second kappa shape index (κ2) is 6.72. The van der Waals surface area contributed by atoms with Crippen LogP contribution in [-0.2, 0) is 13.5 Å². The fourth-order valence-electron chi connectivity index (χ4n) is 3.16. The van der Waals surface area contributed by atoms with Gasteiger partial charge in [0.1, 0.15) is 0 Å². The molecule has 0 aromatic carbocycles. The van der Waals surface area contributed by atoms with Crippen molar-refractivity contribution in [2.75, 3.05) is 6.54 Å². The van der Waals surface area contributed by atoms with Crippen LogP contribution < -0.4 is 5.32 Å². The summed E-state index contributed by atoms with van der Waals surface area (Å²) in [6.45, 7) is 2.68. The van der Waals surface area contributed by atoms with E-state index in [1.54, 1.807) is 7.05 Å². The predicted molar refractivity (Wildman–Crippen MR) is 71.5 cm³/mol. The number of alkyl halides is 3. The van der Waals surface area contributed by atoms with Gasteiger partial charge in [0, 0.05) is 12.5 Å². The van der Waals surface area contributed by atoms with Crippen LogP contribution >= 0.6 is 0 Å². The van der Waals surface area contributed by atoms with Gasteiger partial charge >= 0.3 is 6.18 Å². The largest absolute Gasteiger partial charge is 0.391 e. The summed E-state index contributed by atoms with van der Waals surface area (Å²) in [5, 5.41) is 15.1. The number of aryl methyl sites for hydroxylation is 1. The van der Waals surface area contributed by atoms with Crippen molar-refractivity contribution in [2.24, 2.45) is 18.9 Å². The molecule has 1 fully saturated rings. The summed E-state index contributed by atoms with van der Waals surface area (Å²) in [5.41, 5.74) is 0. The molecule has 0 aliphatic heterocycles. The zero-order valence-electron chi connectivity index (χ0n) is 12.4. The number of nitrogens with zero attached hydrogens (tertiary/aromatic N) is 4. The summed E-state index contributed by atoms with van der Waals surface area (Å²) in [6, 6.07) is -0.0237. The number of tetrazole rings is 1. The van der Waals surface area contributed by atoms with E-state index in [1.165, 1.54) is 4.80 Å². The third-order valence-corrected chi connectivity index (χ3v) is 4.17. The SMILES string of the molecule is CCNC(Cc1nnn(C)n1)C1CCCC(C(F)(F)F)C1. The average Bonchev–Trinajstić information content (AvgIpc) is 2.83. The molecule has 0 radical (unpaired) electrons. The molecule has 0 amide bonds. The Morgan fingerprint density at radius 3 is 2.71 bits per heavy atom. The van der Waals surface area contributed by atoms with E-state index in [4.69, 9.17) is 0 Å². The van der Waals surface area contributed by atoms with Crippen LogP contribution in [0.25, 0.3) is 0 Å². The second-order valence-electron chi connectivity index (χ2n) is 5.73. The molecule has 2 rings (SSSR count). The van der Waals surface area contributed by atoms with Crippen LogP contribution in [0.4, 0.5) is 13.2 Å². The van der Waals surface area contributed by atoms with E-state index in [0.29, 0.717) is 18.7 Å². The third kappa shape index (κ3) is 4.39. The summed E-state index contributed by atoms with van der Waals surface area (Å²) < 4.78 is 38.8. The van der Waals surface area contributed by atoms with Crippen molar-refractivity contribution < 1.29 is 13.2 Å². The zero-order valence-corrected chi connectivity index (χ0v) is 12.4. The van der Waals surface area contributed by atoms with Crippen LogP contribution in [0, 0.1) is 11.8 Å². The van der Waals surface area contributed by atoms with Crippen LogP contribution in [0.5, 0.6) is 0 Å². The van der Waals surface area contributed by atoms with E-state index in [-0.39, 0.29) is 24.8 Å². The smallest absolute Gasteiger partial charge is 0.314 e. The van der Waals surface area contributed by atoms with E-state index >= 15 is 0 Å². The standard InChI is InChI=1S/C13H22F3N5/c1-3-17-11(8-12-18-20-21(2)19-12)9-5-4-6-10(7-9)13(14,15)16/h9-11,17H,3-8H2,1-2H3. The quantitative estimate of drug-likeness (QED) is 0.905. The van der Waals surface area contributed by atoms with Crippen molar-refractivity contribution in [3.05, 3.63) is 5.82 Å². The van der Waals surface area contributed by atoms with Crippen LogP contribution in [0.15, 0.2) is 0 Å². The predicted octanol–water partition coefficient (Wildman–Crippen LogP) is 2.10. The van der Waals surface area contributed by atoms with Gasteiger partial charge in [-0.3, -0.25) is 0 Å². The van der Waals surface area contributed by atoms with E-state index < -0.39 is 12.1 Å². The van der Waals surface area contributed by atoms with Gasteiger partial charge in [0.05, 0.1) is 13.0 Å². The van der Waals surface area contributed by atoms with Crippen molar-refractivity contribution >= 4 is 0 Å². The summed E-state index contributed by atoms with van der Waals surface area (Å²) in [4.78, 5) is 1.37. The molecule has 1 aliphatic carbocycles. The molecule has 0 saturated heterocycles. The average molecular weight is 305 g/mol. The first kappa shape index (κ1) is 16.2. The number of likely N-dealkylation sites (N-methyl/N-ethyl adjacent to an activating group) is 1. The molecule has 1 aromatic rings. The third-order valence-electron chi connectivity index (χ3n) is 4.17. The number of hydrogen-bond donors (Lipinski definition) is 1. The molecule has 1 aliphatic rings. The minimum Gasteiger partial charge on any atom is -0.314 e. The lowest BCUT2D eigenvalue weighted by molar-refractivity contribution is -0.186. The lowest BCUT2D eigenvalue weighted by Gasteiger charge is -2.35. The molecule has 0 bridgehead atoms. The number of aromatic nitrogens is 4. The van der Waals surface area contributed by atoms with Gasteiger partial charge in [0.25, 0.3) is 0 Å². The van der Waals surface area contributed by atoms with Gasteiger partial charge in [-0.2, -0.15) is 18.0 Å². The van der Waals surface area contributed by atoms with E-state index in [9.17, 15) is 13.2 Å². The maximum absolute atomic E-state index is 12.9. The van der Waals surface area contributed by atoms with Gasteiger partial charge in [0.15, 0.2) is 5.82 Å². The van der Waals surface area contributed by atoms with Gasteiger partial charge in [0.2, 0.25) is 0 Å². The highest BCUT2D eigenvalue weighted by Gasteiger charge is 2.43. The topological polar surface area (TPSA) is 55.6 Å². The van der Waals surface area contributed by atoms with Crippen molar-refractivity contribution in [3.8, 4) is 0 Å². The van der Waals surface area contributed by atoms with Crippen LogP contribution in [-0.4, -0.2) is 39.0 Å². The van der Waals surface area contributed by atoms with Crippen molar-refractivity contribution in [1.82, 2.24) is 25.5 Å². The Labute approximate surface area is 122 Å². The van der Waals surface area contributed by atoms with Gasteiger partial charge in [-0.25, -0.2) is 0 Å². The Hall–Kier alpha value is -1.18. The number of rotatable bonds is 5. The maximum atomic E-state index is 12.9. The summed E-state index contributed by atoms with van der Waals surface area (Å²) >= 11 is 0. The highest BCUT2D eigenvalue weighted by atomic mass is 19.4. The van der Waals surface area contributed by atoms with Crippen LogP contribution in [0.3, 0.4) is 0 Å². The molecule has 3 unspecified atom stereocenters. The minimum atomic E-state index is -4.08. The summed E-state index contributed by atoms with van der Waals surface area (Å²) in [5.74, 6) is -0.584. The molecular formula is C13H22F3N5. The summed E-state index contributed by atoms with van der Waals surface area (Å²) in [7, 11) is 1.68. The number of halogens is 3. The fourth-order valence-corrected chi connectivity index (χ4v) is 3.16. The molecule has 1 aromatic heterocycles. The molecule has 120 valence electrons. The van der Waals surface area contributed by atoms with Crippen molar-refractivity contribution in [1.29, 1.82) is 0 Å². The highest BCUT2D eigenvalue weighted by Crippen LogP contribution is 2.41. The highest BCUT2D eigenvalue weighted by molar-refractivity contribution is 4.91. The lowest BCUT2D eigenvalue weighted by atomic mass is 9.76. The molecule has 3 atom stereocenters. The molecule has 8 heteroatoms. The van der Waals surface area contributed by atoms with Gasteiger partial charge < -0.3 is 5.32 Å². The molecule has 5 nitrogen and oxygen atoms in total. The van der Waals surface area contributed by atoms with Gasteiger partial charge in [-0.1, -0.05) is 13.3 Å². The number of nitrogens with one attached hydrogen (secondary N) is 1.